The summed E-state index contributed by atoms with van der Waals surface area (Å²) in [6.07, 6.45) is 1.74. The van der Waals surface area contributed by atoms with Gasteiger partial charge in [-0.15, -0.1) is 10.2 Å². The highest BCUT2D eigenvalue weighted by Gasteiger charge is 2.21. The Kier molecular flexibility index (Phi) is 11.1. The number of anilines is 1. The topological polar surface area (TPSA) is 87.5 Å². The molecule has 0 fully saturated rings. The molecule has 4 aromatic rings. The van der Waals surface area contributed by atoms with E-state index in [9.17, 15) is 4.79 Å². The van der Waals surface area contributed by atoms with Gasteiger partial charge in [-0.1, -0.05) is 61.2 Å². The summed E-state index contributed by atoms with van der Waals surface area (Å²) in [6.45, 7) is 9.98. The summed E-state index contributed by atoms with van der Waals surface area (Å²) in [5.74, 6) is 2.54. The fourth-order valence-electron chi connectivity index (χ4n) is 4.36. The molecule has 9 heteroatoms. The van der Waals surface area contributed by atoms with Crippen molar-refractivity contribution in [2.75, 3.05) is 30.9 Å². The van der Waals surface area contributed by atoms with Crippen LogP contribution in [0.3, 0.4) is 0 Å². The molecule has 4 rings (SSSR count). The lowest BCUT2D eigenvalue weighted by molar-refractivity contribution is -0.113. The molecule has 1 heterocycles. The number of aromatic nitrogens is 3. The number of carbonyl (C=O) groups is 1. The minimum absolute atomic E-state index is 0.100. The lowest BCUT2D eigenvalue weighted by atomic mass is 10.1. The Morgan fingerprint density at radius 3 is 2.10 bits per heavy atom. The summed E-state index contributed by atoms with van der Waals surface area (Å²) in [5.41, 5.74) is 4.01. The van der Waals surface area contributed by atoms with E-state index in [1.165, 1.54) is 22.9 Å². The highest BCUT2D eigenvalue weighted by atomic mass is 32.2. The molecule has 1 aromatic heterocycles. The lowest BCUT2D eigenvalue weighted by Gasteiger charge is -2.17. The first kappa shape index (κ1) is 30.0. The van der Waals surface area contributed by atoms with E-state index in [1.807, 2.05) is 75.4 Å². The van der Waals surface area contributed by atoms with Crippen molar-refractivity contribution in [1.82, 2.24) is 14.8 Å². The first-order valence-corrected chi connectivity index (χ1v) is 15.1. The van der Waals surface area contributed by atoms with Crippen LogP contribution >= 0.6 is 11.8 Å². The number of carbonyl (C=O) groups excluding carboxylic acids is 1. The number of hydrogen-bond donors (Lipinski definition) is 1. The standard InChI is InChI=1S/C32H38N4O4S/c1-5-23-14-16-26(17-15-23)33-29(37)22-41-32-35-34-31(36(32)19-18-24-12-10-9-11-13-24)25-20-27(38-6-2)30(40-8-4)28(21-25)39-7-3/h9-17,20-21H,5-8,18-19,22H2,1-4H3,(H,33,37). The van der Waals surface area contributed by atoms with Crippen molar-refractivity contribution in [3.63, 3.8) is 0 Å². The molecule has 0 radical (unpaired) electrons. The van der Waals surface area contributed by atoms with Crippen LogP contribution in [-0.2, 0) is 24.2 Å². The maximum absolute atomic E-state index is 12.8. The highest BCUT2D eigenvalue weighted by Crippen LogP contribution is 2.42. The molecule has 0 atom stereocenters. The zero-order chi connectivity index (χ0) is 29.0. The molecular weight excluding hydrogens is 536 g/mol. The van der Waals surface area contributed by atoms with Gasteiger partial charge in [0, 0.05) is 17.8 Å². The van der Waals surface area contributed by atoms with Gasteiger partial charge >= 0.3 is 0 Å². The van der Waals surface area contributed by atoms with Crippen molar-refractivity contribution in [3.8, 4) is 28.6 Å². The summed E-state index contributed by atoms with van der Waals surface area (Å²) in [6, 6.07) is 22.0. The van der Waals surface area contributed by atoms with E-state index in [2.05, 4.69) is 39.1 Å². The fourth-order valence-corrected chi connectivity index (χ4v) is 5.13. The van der Waals surface area contributed by atoms with Crippen LogP contribution in [-0.4, -0.2) is 46.2 Å². The number of rotatable bonds is 15. The van der Waals surface area contributed by atoms with Gasteiger partial charge in [-0.3, -0.25) is 4.79 Å². The molecule has 0 aliphatic carbocycles. The second kappa shape index (κ2) is 15.1. The number of aryl methyl sites for hydroxylation is 2. The monoisotopic (exact) mass is 574 g/mol. The quantitative estimate of drug-likeness (QED) is 0.159. The maximum Gasteiger partial charge on any atom is 0.234 e. The van der Waals surface area contributed by atoms with Gasteiger partial charge < -0.3 is 24.1 Å². The molecule has 216 valence electrons. The second-order valence-corrected chi connectivity index (χ2v) is 10.1. The first-order valence-electron chi connectivity index (χ1n) is 14.1. The van der Waals surface area contributed by atoms with Crippen LogP contribution in [0.2, 0.25) is 0 Å². The van der Waals surface area contributed by atoms with Crippen LogP contribution in [0, 0.1) is 0 Å². The van der Waals surface area contributed by atoms with Gasteiger partial charge in [-0.05, 0) is 69.0 Å². The summed E-state index contributed by atoms with van der Waals surface area (Å²) in [5, 5.41) is 12.7. The van der Waals surface area contributed by atoms with Gasteiger partial charge in [0.15, 0.2) is 22.5 Å². The van der Waals surface area contributed by atoms with Crippen molar-refractivity contribution < 1.29 is 19.0 Å². The van der Waals surface area contributed by atoms with Gasteiger partial charge in [-0.25, -0.2) is 0 Å². The van der Waals surface area contributed by atoms with Gasteiger partial charge in [0.25, 0.3) is 0 Å². The SMILES string of the molecule is CCOc1cc(-c2nnc(SCC(=O)Nc3ccc(CC)cc3)n2CCc2ccccc2)cc(OCC)c1OCC. The molecule has 0 bridgehead atoms. The van der Waals surface area contributed by atoms with Gasteiger partial charge in [0.05, 0.1) is 25.6 Å². The van der Waals surface area contributed by atoms with Crippen molar-refractivity contribution >= 4 is 23.4 Å². The van der Waals surface area contributed by atoms with Crippen molar-refractivity contribution in [1.29, 1.82) is 0 Å². The van der Waals surface area contributed by atoms with E-state index in [0.717, 1.165) is 24.1 Å². The molecule has 8 nitrogen and oxygen atoms in total. The summed E-state index contributed by atoms with van der Waals surface area (Å²) < 4.78 is 19.8. The largest absolute Gasteiger partial charge is 0.490 e. The summed E-state index contributed by atoms with van der Waals surface area (Å²) in [4.78, 5) is 12.8. The number of amides is 1. The second-order valence-electron chi connectivity index (χ2n) is 9.18. The molecule has 41 heavy (non-hydrogen) atoms. The third-order valence-corrected chi connectivity index (χ3v) is 7.30. The predicted octanol–water partition coefficient (Wildman–Crippen LogP) is 6.68. The molecule has 1 N–H and O–H groups in total. The normalized spacial score (nSPS) is 10.8. The summed E-state index contributed by atoms with van der Waals surface area (Å²) in [7, 11) is 0. The smallest absolute Gasteiger partial charge is 0.234 e. The number of ether oxygens (including phenoxy) is 3. The van der Waals surface area contributed by atoms with Crippen LogP contribution < -0.4 is 19.5 Å². The molecule has 0 saturated heterocycles. The number of benzene rings is 3. The summed E-state index contributed by atoms with van der Waals surface area (Å²) >= 11 is 1.36. The van der Waals surface area contributed by atoms with Gasteiger partial charge in [0.1, 0.15) is 0 Å². The zero-order valence-electron chi connectivity index (χ0n) is 24.2. The van der Waals surface area contributed by atoms with E-state index >= 15 is 0 Å². The minimum atomic E-state index is -0.100. The number of thioether (sulfide) groups is 1. The Morgan fingerprint density at radius 1 is 0.829 bits per heavy atom. The Hall–Kier alpha value is -3.98. The fraction of sp³-hybridized carbons (Fsp3) is 0.344. The average molecular weight is 575 g/mol. The molecule has 0 saturated carbocycles. The highest BCUT2D eigenvalue weighted by molar-refractivity contribution is 7.99. The van der Waals surface area contributed by atoms with E-state index in [1.54, 1.807) is 0 Å². The van der Waals surface area contributed by atoms with E-state index in [-0.39, 0.29) is 11.7 Å². The van der Waals surface area contributed by atoms with Crippen LogP contribution in [0.1, 0.15) is 38.8 Å². The van der Waals surface area contributed by atoms with E-state index in [0.29, 0.717) is 54.6 Å². The predicted molar refractivity (Wildman–Crippen MR) is 164 cm³/mol. The van der Waals surface area contributed by atoms with Crippen molar-refractivity contribution in [2.45, 2.75) is 52.2 Å². The Balaban J connectivity index is 1.63. The number of hydrogen-bond acceptors (Lipinski definition) is 7. The first-order chi connectivity index (χ1) is 20.1. The van der Waals surface area contributed by atoms with E-state index < -0.39 is 0 Å². The average Bonchev–Trinajstić information content (AvgIpc) is 3.40. The molecule has 3 aromatic carbocycles. The Morgan fingerprint density at radius 2 is 1.49 bits per heavy atom. The third kappa shape index (κ3) is 8.04. The molecular formula is C32H38N4O4S. The molecule has 0 spiro atoms. The van der Waals surface area contributed by atoms with Crippen LogP contribution in [0.25, 0.3) is 11.4 Å². The van der Waals surface area contributed by atoms with Crippen molar-refractivity contribution in [3.05, 3.63) is 77.9 Å². The molecule has 0 aliphatic heterocycles. The number of nitrogens with one attached hydrogen (secondary N) is 1. The zero-order valence-corrected chi connectivity index (χ0v) is 25.0. The van der Waals surface area contributed by atoms with Crippen LogP contribution in [0.5, 0.6) is 17.2 Å². The number of nitrogens with zero attached hydrogens (tertiary/aromatic N) is 3. The van der Waals surface area contributed by atoms with E-state index in [4.69, 9.17) is 14.2 Å². The third-order valence-electron chi connectivity index (χ3n) is 6.33. The van der Waals surface area contributed by atoms with Crippen molar-refractivity contribution in [2.24, 2.45) is 0 Å². The van der Waals surface area contributed by atoms with Gasteiger partial charge in [-0.2, -0.15) is 0 Å². The Labute approximate surface area is 246 Å². The molecule has 1 amide bonds. The van der Waals surface area contributed by atoms with Gasteiger partial charge in [0.2, 0.25) is 11.7 Å². The maximum atomic E-state index is 12.8. The lowest BCUT2D eigenvalue weighted by Crippen LogP contribution is -2.15. The molecule has 0 unspecified atom stereocenters. The van der Waals surface area contributed by atoms with Crippen LogP contribution in [0.15, 0.2) is 71.9 Å². The van der Waals surface area contributed by atoms with Crippen LogP contribution in [0.4, 0.5) is 5.69 Å². The Bertz CT molecular complexity index is 1380. The minimum Gasteiger partial charge on any atom is -0.490 e. The molecule has 0 aliphatic rings.